The van der Waals surface area contributed by atoms with Crippen LogP contribution >= 0.6 is 11.3 Å². The summed E-state index contributed by atoms with van der Waals surface area (Å²) in [6, 6.07) is 2.67. The number of carbonyl (C=O) groups excluding carboxylic acids is 1. The number of fused-ring (bicyclic) bond motifs is 3. The summed E-state index contributed by atoms with van der Waals surface area (Å²) in [5, 5.41) is 10.3. The van der Waals surface area contributed by atoms with E-state index in [-0.39, 0.29) is 24.5 Å². The molecule has 180 valence electrons. The Morgan fingerprint density at radius 3 is 2.82 bits per heavy atom. The maximum absolute atomic E-state index is 12.7. The van der Waals surface area contributed by atoms with Crippen molar-refractivity contribution in [3.63, 3.8) is 0 Å². The van der Waals surface area contributed by atoms with Crippen LogP contribution in [-0.4, -0.2) is 84.4 Å². The SMILES string of the molecule is CN(CCO)C(=O)C[C@H]1CCc2sc3nccc(O[C@H]4CC[C@H](N5CCOCC5)CC4)c3c21. The van der Waals surface area contributed by atoms with Crippen molar-refractivity contribution in [1.82, 2.24) is 14.8 Å². The molecule has 0 unspecified atom stereocenters. The van der Waals surface area contributed by atoms with Gasteiger partial charge in [-0.3, -0.25) is 9.69 Å². The summed E-state index contributed by atoms with van der Waals surface area (Å²) in [5.74, 6) is 1.23. The zero-order valence-electron chi connectivity index (χ0n) is 19.5. The lowest BCUT2D eigenvalue weighted by Gasteiger charge is -2.38. The van der Waals surface area contributed by atoms with E-state index in [4.69, 9.17) is 14.6 Å². The number of aromatic nitrogens is 1. The van der Waals surface area contributed by atoms with E-state index in [1.165, 1.54) is 23.3 Å². The van der Waals surface area contributed by atoms with Gasteiger partial charge < -0.3 is 19.5 Å². The summed E-state index contributed by atoms with van der Waals surface area (Å²) in [6.45, 7) is 4.19. The van der Waals surface area contributed by atoms with E-state index < -0.39 is 0 Å². The van der Waals surface area contributed by atoms with E-state index in [1.54, 1.807) is 23.3 Å². The molecule has 3 heterocycles. The lowest BCUT2D eigenvalue weighted by molar-refractivity contribution is -0.130. The molecular weight excluding hydrogens is 438 g/mol. The molecule has 2 aromatic heterocycles. The van der Waals surface area contributed by atoms with E-state index >= 15 is 0 Å². The van der Waals surface area contributed by atoms with Crippen LogP contribution in [0.1, 0.15) is 54.9 Å². The number of morpholine rings is 1. The zero-order chi connectivity index (χ0) is 22.8. The van der Waals surface area contributed by atoms with Gasteiger partial charge >= 0.3 is 0 Å². The van der Waals surface area contributed by atoms with Crippen LogP contribution in [0.15, 0.2) is 12.3 Å². The normalized spacial score (nSPS) is 25.8. The van der Waals surface area contributed by atoms with Crippen molar-refractivity contribution in [2.45, 2.75) is 63.0 Å². The number of aliphatic hydroxyl groups excluding tert-OH is 1. The molecule has 3 aliphatic rings. The fourth-order valence-corrected chi connectivity index (χ4v) is 6.98. The molecule has 8 heteroatoms. The topological polar surface area (TPSA) is 75.1 Å². The van der Waals surface area contributed by atoms with Gasteiger partial charge in [0.1, 0.15) is 10.6 Å². The maximum atomic E-state index is 12.7. The minimum Gasteiger partial charge on any atom is -0.490 e. The Kier molecular flexibility index (Phi) is 7.16. The van der Waals surface area contributed by atoms with Crippen LogP contribution in [0.2, 0.25) is 0 Å². The van der Waals surface area contributed by atoms with Crippen LogP contribution in [0.5, 0.6) is 5.75 Å². The number of aryl methyl sites for hydroxylation is 1. The third-order valence-corrected chi connectivity index (χ3v) is 8.75. The second-order valence-electron chi connectivity index (χ2n) is 9.60. The molecule has 33 heavy (non-hydrogen) atoms. The number of ether oxygens (including phenoxy) is 2. The van der Waals surface area contributed by atoms with Crippen LogP contribution in [0, 0.1) is 0 Å². The van der Waals surface area contributed by atoms with Crippen LogP contribution in [0.25, 0.3) is 10.2 Å². The maximum Gasteiger partial charge on any atom is 0.223 e. The van der Waals surface area contributed by atoms with Crippen LogP contribution in [0.3, 0.4) is 0 Å². The molecule has 0 spiro atoms. The minimum atomic E-state index is -0.00473. The van der Waals surface area contributed by atoms with Gasteiger partial charge in [0.2, 0.25) is 5.91 Å². The molecule has 0 radical (unpaired) electrons. The first-order chi connectivity index (χ1) is 16.1. The van der Waals surface area contributed by atoms with Gasteiger partial charge in [0.25, 0.3) is 0 Å². The molecular formula is C25H35N3O4S. The fourth-order valence-electron chi connectivity index (χ4n) is 5.72. The average molecular weight is 474 g/mol. The van der Waals surface area contributed by atoms with Crippen molar-refractivity contribution < 1.29 is 19.4 Å². The Balaban J connectivity index is 1.29. The molecule has 2 fully saturated rings. The number of nitrogens with zero attached hydrogens (tertiary/aromatic N) is 3. The number of amides is 1. The second kappa shape index (κ2) is 10.3. The number of rotatable bonds is 7. The Morgan fingerprint density at radius 2 is 2.06 bits per heavy atom. The summed E-state index contributed by atoms with van der Waals surface area (Å²) < 4.78 is 12.1. The number of likely N-dealkylation sites (N-methyl/N-ethyl adjacent to an activating group) is 1. The fraction of sp³-hybridized carbons (Fsp3) is 0.680. The molecule has 0 bridgehead atoms. The third-order valence-electron chi connectivity index (χ3n) is 7.58. The first kappa shape index (κ1) is 23.0. The van der Waals surface area contributed by atoms with Crippen molar-refractivity contribution >= 4 is 27.5 Å². The Hall–Kier alpha value is -1.74. The molecule has 7 nitrogen and oxygen atoms in total. The molecule has 2 aromatic rings. The molecule has 1 saturated heterocycles. The first-order valence-corrected chi connectivity index (χ1v) is 13.2. The van der Waals surface area contributed by atoms with Gasteiger partial charge in [0.15, 0.2) is 0 Å². The molecule has 0 aromatic carbocycles. The summed E-state index contributed by atoms with van der Waals surface area (Å²) in [4.78, 5) is 23.9. The molecule has 1 atom stereocenters. The zero-order valence-corrected chi connectivity index (χ0v) is 20.3. The number of pyridine rings is 1. The second-order valence-corrected chi connectivity index (χ2v) is 10.7. The van der Waals surface area contributed by atoms with Gasteiger partial charge in [-0.1, -0.05) is 0 Å². The summed E-state index contributed by atoms with van der Waals surface area (Å²) in [6.07, 6.45) is 9.08. The van der Waals surface area contributed by atoms with Crippen molar-refractivity contribution in [3.05, 3.63) is 22.7 Å². The minimum absolute atomic E-state index is 0.00473. The van der Waals surface area contributed by atoms with Gasteiger partial charge in [-0.2, -0.15) is 0 Å². The Morgan fingerprint density at radius 1 is 1.27 bits per heavy atom. The molecule has 1 aliphatic heterocycles. The number of thiophene rings is 1. The van der Waals surface area contributed by atoms with Crippen molar-refractivity contribution in [3.8, 4) is 5.75 Å². The predicted molar refractivity (Wildman–Crippen MR) is 129 cm³/mol. The lowest BCUT2D eigenvalue weighted by atomic mass is 9.91. The van der Waals surface area contributed by atoms with Crippen molar-refractivity contribution in [1.29, 1.82) is 0 Å². The van der Waals surface area contributed by atoms with Gasteiger partial charge in [-0.05, 0) is 56.1 Å². The van der Waals surface area contributed by atoms with Crippen LogP contribution in [0.4, 0.5) is 0 Å². The highest BCUT2D eigenvalue weighted by atomic mass is 32.1. The van der Waals surface area contributed by atoms with E-state index in [0.717, 1.165) is 68.0 Å². The van der Waals surface area contributed by atoms with E-state index in [1.807, 2.05) is 12.3 Å². The number of hydrogen-bond donors (Lipinski definition) is 1. The Labute approximate surface area is 199 Å². The molecule has 5 rings (SSSR count). The smallest absolute Gasteiger partial charge is 0.223 e. The highest BCUT2D eigenvalue weighted by Gasteiger charge is 2.33. The van der Waals surface area contributed by atoms with E-state index in [9.17, 15) is 4.79 Å². The molecule has 1 N–H and O–H groups in total. The van der Waals surface area contributed by atoms with Crippen molar-refractivity contribution in [2.75, 3.05) is 46.5 Å². The Bertz CT molecular complexity index is 966. The molecule has 1 saturated carbocycles. The van der Waals surface area contributed by atoms with Gasteiger partial charge in [-0.25, -0.2) is 4.98 Å². The number of carbonyl (C=O) groups is 1. The average Bonchev–Trinajstić information content (AvgIpc) is 3.40. The van der Waals surface area contributed by atoms with Gasteiger partial charge in [-0.15, -0.1) is 11.3 Å². The van der Waals surface area contributed by atoms with Crippen molar-refractivity contribution in [2.24, 2.45) is 0 Å². The highest BCUT2D eigenvalue weighted by Crippen LogP contribution is 2.48. The van der Waals surface area contributed by atoms with E-state index in [0.29, 0.717) is 19.0 Å². The first-order valence-electron chi connectivity index (χ1n) is 12.4. The monoisotopic (exact) mass is 473 g/mol. The predicted octanol–water partition coefficient (Wildman–Crippen LogP) is 3.19. The largest absolute Gasteiger partial charge is 0.490 e. The summed E-state index contributed by atoms with van der Waals surface area (Å²) >= 11 is 1.76. The highest BCUT2D eigenvalue weighted by molar-refractivity contribution is 7.19. The van der Waals surface area contributed by atoms with Crippen LogP contribution in [-0.2, 0) is 16.0 Å². The third kappa shape index (κ3) is 4.90. The lowest BCUT2D eigenvalue weighted by Crippen LogP contribution is -2.46. The van der Waals surface area contributed by atoms with E-state index in [2.05, 4.69) is 9.88 Å². The molecule has 1 amide bonds. The quantitative estimate of drug-likeness (QED) is 0.666. The standard InChI is InChI=1S/C25H35N3O4S/c1-27(10-13-29)22(30)16-17-2-7-21-23(17)24-20(8-9-26-25(24)33-21)32-19-5-3-18(4-6-19)28-11-14-31-15-12-28/h8-9,17-19,29H,2-7,10-16H2,1H3/t17-,18-,19-/m1/s1. The summed E-state index contributed by atoms with van der Waals surface area (Å²) in [5.41, 5.74) is 1.28. The molecule has 2 aliphatic carbocycles. The van der Waals surface area contributed by atoms with Gasteiger partial charge in [0, 0.05) is 50.2 Å². The number of aliphatic hydroxyl groups is 1. The summed E-state index contributed by atoms with van der Waals surface area (Å²) in [7, 11) is 1.77. The van der Waals surface area contributed by atoms with Crippen LogP contribution < -0.4 is 4.74 Å². The number of hydrogen-bond acceptors (Lipinski definition) is 7. The van der Waals surface area contributed by atoms with Gasteiger partial charge in [0.05, 0.1) is 31.3 Å².